The summed E-state index contributed by atoms with van der Waals surface area (Å²) in [5, 5.41) is 2.59. The van der Waals surface area contributed by atoms with E-state index < -0.39 is 26.8 Å². The monoisotopic (exact) mass is 321 g/mol. The molecule has 1 fully saturated rings. The Hall–Kier alpha value is -1.08. The van der Waals surface area contributed by atoms with Gasteiger partial charge in [0.15, 0.2) is 9.84 Å². The normalized spacial score (nSPS) is 23.4. The summed E-state index contributed by atoms with van der Waals surface area (Å²) in [6, 6.07) is 3.63. The topological polar surface area (TPSA) is 46.2 Å². The molecule has 1 aromatic carbocycles. The lowest BCUT2D eigenvalue weighted by molar-refractivity contribution is -0.137. The molecule has 1 saturated carbocycles. The van der Waals surface area contributed by atoms with E-state index in [4.69, 9.17) is 0 Å². The summed E-state index contributed by atoms with van der Waals surface area (Å²) in [7, 11) is -3.60. The van der Waals surface area contributed by atoms with Crippen LogP contribution in [0.1, 0.15) is 31.7 Å². The second kappa shape index (κ2) is 5.96. The molecule has 7 heteroatoms. The van der Waals surface area contributed by atoms with Gasteiger partial charge >= 0.3 is 6.18 Å². The molecule has 0 bridgehead atoms. The predicted octanol–water partition coefficient (Wildman–Crippen LogP) is 3.01. The van der Waals surface area contributed by atoms with Gasteiger partial charge in [0.2, 0.25) is 0 Å². The predicted molar refractivity (Wildman–Crippen MR) is 73.7 cm³/mol. The molecule has 0 saturated heterocycles. The second-order valence-corrected chi connectivity index (χ2v) is 7.37. The fraction of sp³-hybridized carbons (Fsp3) is 0.571. The van der Waals surface area contributed by atoms with Gasteiger partial charge in [0.05, 0.1) is 15.7 Å². The van der Waals surface area contributed by atoms with Crippen molar-refractivity contribution in [3.63, 3.8) is 0 Å². The summed E-state index contributed by atoms with van der Waals surface area (Å²) < 4.78 is 62.7. The zero-order chi connectivity index (χ0) is 15.7. The third-order valence-electron chi connectivity index (χ3n) is 3.83. The Kier molecular flexibility index (Phi) is 4.63. The highest BCUT2D eigenvalue weighted by molar-refractivity contribution is 7.92. The van der Waals surface area contributed by atoms with E-state index in [0.717, 1.165) is 37.1 Å². The molecule has 0 aromatic heterocycles. The van der Waals surface area contributed by atoms with E-state index in [9.17, 15) is 21.6 Å². The van der Waals surface area contributed by atoms with Crippen molar-refractivity contribution in [2.75, 3.05) is 6.54 Å². The van der Waals surface area contributed by atoms with Crippen LogP contribution in [0.3, 0.4) is 0 Å². The van der Waals surface area contributed by atoms with Crippen molar-refractivity contribution in [2.45, 2.75) is 48.5 Å². The Morgan fingerprint density at radius 2 is 1.81 bits per heavy atom. The zero-order valence-electron chi connectivity index (χ0n) is 11.7. The zero-order valence-corrected chi connectivity index (χ0v) is 12.5. The molecule has 1 aliphatic carbocycles. The fourth-order valence-electron chi connectivity index (χ4n) is 2.80. The summed E-state index contributed by atoms with van der Waals surface area (Å²) in [5.74, 6) is 0. The van der Waals surface area contributed by atoms with E-state index in [0.29, 0.717) is 13.0 Å². The Morgan fingerprint density at radius 3 is 2.33 bits per heavy atom. The first-order valence-electron chi connectivity index (χ1n) is 6.91. The van der Waals surface area contributed by atoms with E-state index in [1.807, 2.05) is 6.92 Å². The van der Waals surface area contributed by atoms with E-state index >= 15 is 0 Å². The first-order valence-corrected chi connectivity index (χ1v) is 8.46. The van der Waals surface area contributed by atoms with Crippen LogP contribution < -0.4 is 5.32 Å². The van der Waals surface area contributed by atoms with Gasteiger partial charge in [-0.15, -0.1) is 0 Å². The smallest absolute Gasteiger partial charge is 0.313 e. The van der Waals surface area contributed by atoms with Crippen LogP contribution in [0.15, 0.2) is 29.2 Å². The van der Waals surface area contributed by atoms with Crippen molar-refractivity contribution in [3.05, 3.63) is 29.8 Å². The molecule has 0 radical (unpaired) electrons. The van der Waals surface area contributed by atoms with Gasteiger partial charge in [0, 0.05) is 6.04 Å². The van der Waals surface area contributed by atoms with Crippen molar-refractivity contribution < 1.29 is 21.6 Å². The molecule has 1 aliphatic rings. The molecule has 0 spiro atoms. The number of hydrogen-bond donors (Lipinski definition) is 1. The largest absolute Gasteiger partial charge is 0.416 e. The van der Waals surface area contributed by atoms with Crippen LogP contribution in [0.25, 0.3) is 0 Å². The number of sulfone groups is 1. The summed E-state index contributed by atoms with van der Waals surface area (Å²) >= 11 is 0. The molecule has 2 rings (SSSR count). The van der Waals surface area contributed by atoms with Crippen molar-refractivity contribution in [2.24, 2.45) is 0 Å². The van der Waals surface area contributed by atoms with Gasteiger partial charge in [-0.2, -0.15) is 13.2 Å². The summed E-state index contributed by atoms with van der Waals surface area (Å²) in [6.07, 6.45) is -2.33. The molecule has 0 amide bonds. The van der Waals surface area contributed by atoms with Crippen LogP contribution >= 0.6 is 0 Å². The Morgan fingerprint density at radius 1 is 1.19 bits per heavy atom. The van der Waals surface area contributed by atoms with Crippen molar-refractivity contribution in [3.8, 4) is 0 Å². The molecule has 0 heterocycles. The van der Waals surface area contributed by atoms with Crippen LogP contribution in [0.4, 0.5) is 13.2 Å². The van der Waals surface area contributed by atoms with Gasteiger partial charge in [-0.25, -0.2) is 8.42 Å². The molecular formula is C14H18F3NO2S. The molecule has 1 aromatic rings. The number of nitrogens with one attached hydrogen (secondary N) is 1. The third kappa shape index (κ3) is 3.40. The summed E-state index contributed by atoms with van der Waals surface area (Å²) in [4.78, 5) is -0.0368. The van der Waals surface area contributed by atoms with Crippen LogP contribution in [-0.4, -0.2) is 26.3 Å². The van der Waals surface area contributed by atoms with Gasteiger partial charge in [-0.3, -0.25) is 0 Å². The van der Waals surface area contributed by atoms with Crippen LogP contribution in [0.2, 0.25) is 0 Å². The van der Waals surface area contributed by atoms with E-state index in [2.05, 4.69) is 5.32 Å². The average molecular weight is 321 g/mol. The van der Waals surface area contributed by atoms with Gasteiger partial charge in [-0.05, 0) is 43.7 Å². The van der Waals surface area contributed by atoms with Crippen LogP contribution in [0, 0.1) is 0 Å². The third-order valence-corrected chi connectivity index (χ3v) is 6.12. The lowest BCUT2D eigenvalue weighted by Gasteiger charge is -2.21. The minimum Gasteiger partial charge on any atom is -0.313 e. The van der Waals surface area contributed by atoms with Gasteiger partial charge < -0.3 is 5.32 Å². The van der Waals surface area contributed by atoms with Gasteiger partial charge in [0.1, 0.15) is 0 Å². The Labute approximate surface area is 122 Å². The number of halogens is 3. The maximum Gasteiger partial charge on any atom is 0.416 e. The fourth-order valence-corrected chi connectivity index (χ4v) is 4.81. The first kappa shape index (κ1) is 16.3. The SMILES string of the molecule is CCNC1CCCC1S(=O)(=O)c1ccc(C(F)(F)F)cc1. The number of rotatable bonds is 4. The molecule has 21 heavy (non-hydrogen) atoms. The highest BCUT2D eigenvalue weighted by Gasteiger charge is 2.38. The van der Waals surface area contributed by atoms with E-state index in [-0.39, 0.29) is 10.9 Å². The van der Waals surface area contributed by atoms with Gasteiger partial charge in [0.25, 0.3) is 0 Å². The summed E-state index contributed by atoms with van der Waals surface area (Å²) in [6.45, 7) is 2.57. The minimum absolute atomic E-state index is 0.0368. The molecular weight excluding hydrogens is 303 g/mol. The molecule has 118 valence electrons. The average Bonchev–Trinajstić information content (AvgIpc) is 2.87. The second-order valence-electron chi connectivity index (χ2n) is 5.20. The first-order chi connectivity index (χ1) is 9.76. The maximum absolute atomic E-state index is 12.6. The number of hydrogen-bond acceptors (Lipinski definition) is 3. The van der Waals surface area contributed by atoms with E-state index in [1.54, 1.807) is 0 Å². The lowest BCUT2D eigenvalue weighted by atomic mass is 10.2. The molecule has 2 atom stereocenters. The quantitative estimate of drug-likeness (QED) is 0.927. The van der Waals surface area contributed by atoms with Crippen molar-refractivity contribution in [1.82, 2.24) is 5.32 Å². The lowest BCUT2D eigenvalue weighted by Crippen LogP contribution is -2.40. The molecule has 0 aliphatic heterocycles. The standard InChI is InChI=1S/C14H18F3NO2S/c1-2-18-12-4-3-5-13(12)21(19,20)11-8-6-10(7-9-11)14(15,16)17/h6-9,12-13,18H,2-5H2,1H3. The van der Waals surface area contributed by atoms with Crippen LogP contribution in [0.5, 0.6) is 0 Å². The van der Waals surface area contributed by atoms with Gasteiger partial charge in [-0.1, -0.05) is 13.3 Å². The Balaban J connectivity index is 2.27. The number of benzene rings is 1. The molecule has 3 nitrogen and oxygen atoms in total. The van der Waals surface area contributed by atoms with E-state index in [1.165, 1.54) is 0 Å². The minimum atomic E-state index is -4.46. The van der Waals surface area contributed by atoms with Crippen molar-refractivity contribution >= 4 is 9.84 Å². The van der Waals surface area contributed by atoms with Crippen molar-refractivity contribution in [1.29, 1.82) is 0 Å². The summed E-state index contributed by atoms with van der Waals surface area (Å²) in [5.41, 5.74) is -0.837. The molecule has 1 N–H and O–H groups in total. The highest BCUT2D eigenvalue weighted by atomic mass is 32.2. The highest BCUT2D eigenvalue weighted by Crippen LogP contribution is 2.33. The molecule has 2 unspecified atom stereocenters. The van der Waals surface area contributed by atoms with Crippen LogP contribution in [-0.2, 0) is 16.0 Å². The number of alkyl halides is 3. The maximum atomic E-state index is 12.6. The Bertz CT molecular complexity index is 581.